The molecule has 3 nitrogen and oxygen atoms in total. The molecule has 1 N–H and O–H groups in total. The lowest BCUT2D eigenvalue weighted by Gasteiger charge is -2.36. The summed E-state index contributed by atoms with van der Waals surface area (Å²) in [5.41, 5.74) is 4.38. The van der Waals surface area contributed by atoms with Gasteiger partial charge in [0, 0.05) is 37.1 Å². The van der Waals surface area contributed by atoms with Crippen LogP contribution in [0.25, 0.3) is 0 Å². The summed E-state index contributed by atoms with van der Waals surface area (Å²) in [5.74, 6) is 2.01. The molecule has 1 aliphatic carbocycles. The highest BCUT2D eigenvalue weighted by Crippen LogP contribution is 2.45. The molecule has 2 aliphatic rings. The number of fused-ring (bicyclic) bond motifs is 2. The van der Waals surface area contributed by atoms with Gasteiger partial charge in [-0.3, -0.25) is 0 Å². The number of anilines is 2. The normalized spacial score (nSPS) is 20.9. The van der Waals surface area contributed by atoms with Crippen LogP contribution in [0, 0.1) is 5.92 Å². The number of allylic oxidation sites excluding steroid dienone is 3. The molecule has 0 radical (unpaired) electrons. The van der Waals surface area contributed by atoms with E-state index in [1.54, 1.807) is 0 Å². The minimum Gasteiger partial charge on any atom is -0.461 e. The van der Waals surface area contributed by atoms with Crippen molar-refractivity contribution in [1.82, 2.24) is 0 Å². The lowest BCUT2D eigenvalue weighted by Crippen LogP contribution is -2.29. The molecule has 3 heteroatoms. The molecule has 126 valence electrons. The molecule has 2 aromatic carbocycles. The Morgan fingerprint density at radius 1 is 1.08 bits per heavy atom. The summed E-state index contributed by atoms with van der Waals surface area (Å²) in [7, 11) is 4.08. The van der Waals surface area contributed by atoms with Crippen LogP contribution in [0.15, 0.2) is 84.7 Å². The van der Waals surface area contributed by atoms with Crippen LogP contribution < -0.4 is 15.0 Å². The first-order chi connectivity index (χ1) is 12.1. The number of rotatable bonds is 3. The fraction of sp³-hybridized carbons (Fsp3) is 0.182. The molecule has 0 saturated carbocycles. The molecule has 0 amide bonds. The van der Waals surface area contributed by atoms with E-state index in [1.165, 1.54) is 5.56 Å². The number of hydrogen-bond acceptors (Lipinski definition) is 3. The van der Waals surface area contributed by atoms with E-state index in [2.05, 4.69) is 59.3 Å². The second-order valence-electron chi connectivity index (χ2n) is 6.71. The monoisotopic (exact) mass is 330 g/mol. The van der Waals surface area contributed by atoms with E-state index < -0.39 is 0 Å². The van der Waals surface area contributed by atoms with E-state index in [-0.39, 0.29) is 12.0 Å². The maximum absolute atomic E-state index is 6.25. The van der Waals surface area contributed by atoms with Crippen molar-refractivity contribution in [1.29, 1.82) is 0 Å². The number of ether oxygens (including phenoxy) is 1. The van der Waals surface area contributed by atoms with E-state index in [9.17, 15) is 0 Å². The zero-order chi connectivity index (χ0) is 17.4. The van der Waals surface area contributed by atoms with Crippen LogP contribution in [0.2, 0.25) is 0 Å². The van der Waals surface area contributed by atoms with Crippen LogP contribution in [0.3, 0.4) is 0 Å². The Balaban J connectivity index is 1.79. The summed E-state index contributed by atoms with van der Waals surface area (Å²) in [6, 6.07) is 16.9. The van der Waals surface area contributed by atoms with Gasteiger partial charge in [0.25, 0.3) is 0 Å². The van der Waals surface area contributed by atoms with Gasteiger partial charge in [-0.15, -0.1) is 0 Å². The van der Waals surface area contributed by atoms with Crippen molar-refractivity contribution in [2.75, 3.05) is 24.3 Å². The third-order valence-corrected chi connectivity index (χ3v) is 4.71. The van der Waals surface area contributed by atoms with Gasteiger partial charge in [0.1, 0.15) is 11.5 Å². The summed E-state index contributed by atoms with van der Waals surface area (Å²) >= 11 is 0. The van der Waals surface area contributed by atoms with Gasteiger partial charge in [-0.05, 0) is 29.8 Å². The van der Waals surface area contributed by atoms with Crippen LogP contribution in [-0.4, -0.2) is 14.1 Å². The van der Waals surface area contributed by atoms with Crippen LogP contribution in [0.1, 0.15) is 11.6 Å². The summed E-state index contributed by atoms with van der Waals surface area (Å²) in [6.07, 6.45) is 6.28. The summed E-state index contributed by atoms with van der Waals surface area (Å²) in [6.45, 7) is 4.04. The molecule has 2 unspecified atom stereocenters. The van der Waals surface area contributed by atoms with E-state index in [4.69, 9.17) is 4.74 Å². The van der Waals surface area contributed by atoms with Crippen molar-refractivity contribution in [3.63, 3.8) is 0 Å². The van der Waals surface area contributed by atoms with Gasteiger partial charge in [-0.25, -0.2) is 0 Å². The van der Waals surface area contributed by atoms with Gasteiger partial charge >= 0.3 is 0 Å². The van der Waals surface area contributed by atoms with Crippen molar-refractivity contribution in [3.8, 4) is 5.75 Å². The zero-order valence-electron chi connectivity index (χ0n) is 14.6. The number of nitrogens with one attached hydrogen (secondary N) is 1. The van der Waals surface area contributed by atoms with Gasteiger partial charge in [0.15, 0.2) is 0 Å². The number of nitrogens with zero attached hydrogens (tertiary/aromatic N) is 1. The number of para-hydroxylation sites is 1. The van der Waals surface area contributed by atoms with E-state index in [0.717, 1.165) is 28.5 Å². The second-order valence-corrected chi connectivity index (χ2v) is 6.71. The Kier molecular flexibility index (Phi) is 3.85. The first kappa shape index (κ1) is 15.6. The summed E-state index contributed by atoms with van der Waals surface area (Å²) in [5, 5.41) is 3.68. The Morgan fingerprint density at radius 3 is 2.64 bits per heavy atom. The second kappa shape index (κ2) is 6.17. The molecule has 2 atom stereocenters. The van der Waals surface area contributed by atoms with Crippen molar-refractivity contribution < 1.29 is 4.74 Å². The highest BCUT2D eigenvalue weighted by atomic mass is 16.5. The van der Waals surface area contributed by atoms with Crippen LogP contribution >= 0.6 is 0 Å². The van der Waals surface area contributed by atoms with Gasteiger partial charge in [0.05, 0.1) is 12.0 Å². The zero-order valence-corrected chi connectivity index (χ0v) is 14.6. The molecule has 2 aromatic rings. The Morgan fingerprint density at radius 2 is 1.88 bits per heavy atom. The van der Waals surface area contributed by atoms with E-state index >= 15 is 0 Å². The summed E-state index contributed by atoms with van der Waals surface area (Å²) in [4.78, 5) is 2.09. The first-order valence-corrected chi connectivity index (χ1v) is 8.51. The van der Waals surface area contributed by atoms with Crippen molar-refractivity contribution in [2.24, 2.45) is 5.92 Å². The van der Waals surface area contributed by atoms with Crippen LogP contribution in [0.4, 0.5) is 11.4 Å². The molecule has 0 saturated heterocycles. The lowest BCUT2D eigenvalue weighted by atomic mass is 9.84. The largest absolute Gasteiger partial charge is 0.461 e. The Bertz CT molecular complexity index is 865. The standard InChI is InChI=1S/C22H22N2O/c1-15-9-11-18-20(13-15)25-21-14-17(24(2)3)10-12-19(21)22(18)23-16-7-5-4-6-8-16/h4-14,18,22-23H,1H2,2-3H3. The average molecular weight is 330 g/mol. The SMILES string of the molecule is C=C1C=CC2C(=C1)Oc1cc(N(C)C)ccc1C2Nc1ccccc1. The minimum atomic E-state index is 0.123. The molecule has 1 heterocycles. The molecule has 0 bridgehead atoms. The van der Waals surface area contributed by atoms with Gasteiger partial charge in [-0.2, -0.15) is 0 Å². The molecule has 0 spiro atoms. The topological polar surface area (TPSA) is 24.5 Å². The third-order valence-electron chi connectivity index (χ3n) is 4.71. The number of hydrogen-bond donors (Lipinski definition) is 1. The molecule has 25 heavy (non-hydrogen) atoms. The number of benzene rings is 2. The van der Waals surface area contributed by atoms with Gasteiger partial charge in [0.2, 0.25) is 0 Å². The molecular weight excluding hydrogens is 308 g/mol. The maximum atomic E-state index is 6.25. The molecular formula is C22H22N2O. The predicted molar refractivity (Wildman–Crippen MR) is 104 cm³/mol. The van der Waals surface area contributed by atoms with Crippen LogP contribution in [0.5, 0.6) is 5.75 Å². The fourth-order valence-electron chi connectivity index (χ4n) is 3.37. The van der Waals surface area contributed by atoms with Crippen molar-refractivity contribution >= 4 is 11.4 Å². The summed E-state index contributed by atoms with van der Waals surface area (Å²) < 4.78 is 6.25. The lowest BCUT2D eigenvalue weighted by molar-refractivity contribution is 0.319. The van der Waals surface area contributed by atoms with Crippen molar-refractivity contribution in [3.05, 3.63) is 90.2 Å². The molecule has 0 fully saturated rings. The predicted octanol–water partition coefficient (Wildman–Crippen LogP) is 4.92. The average Bonchev–Trinajstić information content (AvgIpc) is 2.61. The van der Waals surface area contributed by atoms with Gasteiger partial charge in [-0.1, -0.05) is 43.0 Å². The maximum Gasteiger partial charge on any atom is 0.134 e. The van der Waals surface area contributed by atoms with E-state index in [1.807, 2.05) is 38.4 Å². The van der Waals surface area contributed by atoms with E-state index in [0.29, 0.717) is 0 Å². The molecule has 0 aromatic heterocycles. The van der Waals surface area contributed by atoms with Crippen molar-refractivity contribution in [2.45, 2.75) is 6.04 Å². The quantitative estimate of drug-likeness (QED) is 0.864. The molecule has 1 aliphatic heterocycles. The van der Waals surface area contributed by atoms with Gasteiger partial charge < -0.3 is 15.0 Å². The van der Waals surface area contributed by atoms with Crippen LogP contribution in [-0.2, 0) is 0 Å². The highest BCUT2D eigenvalue weighted by molar-refractivity contribution is 5.59. The minimum absolute atomic E-state index is 0.123. The third kappa shape index (κ3) is 2.93. The highest BCUT2D eigenvalue weighted by Gasteiger charge is 2.35. The first-order valence-electron chi connectivity index (χ1n) is 8.51. The smallest absolute Gasteiger partial charge is 0.134 e. The Labute approximate surface area is 148 Å². The Hall–Kier alpha value is -2.94. The molecule has 4 rings (SSSR count). The fourth-order valence-corrected chi connectivity index (χ4v) is 3.37.